The highest BCUT2D eigenvalue weighted by Gasteiger charge is 2.34. The van der Waals surface area contributed by atoms with Crippen molar-refractivity contribution in [2.45, 2.75) is 37.9 Å². The molecule has 1 saturated heterocycles. The quantitative estimate of drug-likeness (QED) is 0.440. The summed E-state index contributed by atoms with van der Waals surface area (Å²) in [4.78, 5) is 11.0. The summed E-state index contributed by atoms with van der Waals surface area (Å²) < 4.78 is 9.98. The van der Waals surface area contributed by atoms with Crippen molar-refractivity contribution >= 4 is 5.97 Å². The highest BCUT2D eigenvalue weighted by Crippen LogP contribution is 2.23. The number of esters is 1. The van der Waals surface area contributed by atoms with Crippen LogP contribution in [0.5, 0.6) is 0 Å². The summed E-state index contributed by atoms with van der Waals surface area (Å²) in [5.41, 5.74) is 0. The van der Waals surface area contributed by atoms with Crippen LogP contribution >= 0.6 is 0 Å². The van der Waals surface area contributed by atoms with Crippen LogP contribution in [0, 0.1) is 0 Å². The van der Waals surface area contributed by atoms with E-state index >= 15 is 0 Å². The van der Waals surface area contributed by atoms with Crippen molar-refractivity contribution in [2.75, 3.05) is 6.61 Å². The van der Waals surface area contributed by atoms with Gasteiger partial charge in [0.25, 0.3) is 0 Å². The Morgan fingerprint density at radius 2 is 2.00 bits per heavy atom. The fraction of sp³-hybridized carbons (Fsp3) is 0.875. The van der Waals surface area contributed by atoms with Crippen LogP contribution in [0.2, 0.25) is 0 Å². The number of carbonyl (C=O) groups excluding carboxylic acids is 1. The van der Waals surface area contributed by atoms with Crippen LogP contribution in [0.15, 0.2) is 0 Å². The maximum Gasteiger partial charge on any atom is 0.337 e. The Morgan fingerprint density at radius 3 is 2.55 bits per heavy atom. The van der Waals surface area contributed by atoms with Gasteiger partial charge in [0.2, 0.25) is 0 Å². The zero-order valence-electron chi connectivity index (χ0n) is 6.41. The van der Waals surface area contributed by atoms with E-state index in [1.807, 2.05) is 0 Å². The van der Waals surface area contributed by atoms with Crippen LogP contribution < -0.4 is 0 Å². The standard InChI is InChI=1S/C8H12O3/c9-8(7-5-10-7)11-6-3-1-2-4-6/h6-7H,1-5H2/t7-/m1/s1. The van der Waals surface area contributed by atoms with E-state index in [1.54, 1.807) is 0 Å². The zero-order chi connectivity index (χ0) is 7.68. The van der Waals surface area contributed by atoms with Crippen molar-refractivity contribution in [3.8, 4) is 0 Å². The van der Waals surface area contributed by atoms with Gasteiger partial charge >= 0.3 is 5.97 Å². The molecule has 0 bridgehead atoms. The van der Waals surface area contributed by atoms with Gasteiger partial charge in [-0.3, -0.25) is 0 Å². The molecule has 1 atom stereocenters. The van der Waals surface area contributed by atoms with E-state index in [0.717, 1.165) is 12.8 Å². The first-order valence-corrected chi connectivity index (χ1v) is 4.18. The number of ether oxygens (including phenoxy) is 2. The SMILES string of the molecule is O=C(OC1CCCC1)[C@H]1CO1. The van der Waals surface area contributed by atoms with Gasteiger partial charge in [-0.15, -0.1) is 0 Å². The molecule has 0 N–H and O–H groups in total. The van der Waals surface area contributed by atoms with Gasteiger partial charge < -0.3 is 9.47 Å². The lowest BCUT2D eigenvalue weighted by Crippen LogP contribution is -2.18. The van der Waals surface area contributed by atoms with Crippen LogP contribution in [0.3, 0.4) is 0 Å². The predicted octanol–water partition coefficient (Wildman–Crippen LogP) is 0.871. The fourth-order valence-corrected chi connectivity index (χ4v) is 1.43. The highest BCUT2D eigenvalue weighted by atomic mass is 16.6. The molecule has 2 aliphatic rings. The lowest BCUT2D eigenvalue weighted by molar-refractivity contribution is -0.150. The van der Waals surface area contributed by atoms with E-state index in [-0.39, 0.29) is 18.2 Å². The molecule has 11 heavy (non-hydrogen) atoms. The van der Waals surface area contributed by atoms with Crippen molar-refractivity contribution < 1.29 is 14.3 Å². The van der Waals surface area contributed by atoms with Crippen molar-refractivity contribution in [1.29, 1.82) is 0 Å². The van der Waals surface area contributed by atoms with Gasteiger partial charge in [0.15, 0.2) is 6.10 Å². The monoisotopic (exact) mass is 156 g/mol. The molecule has 0 aromatic rings. The van der Waals surface area contributed by atoms with Crippen LogP contribution in [0.4, 0.5) is 0 Å². The number of rotatable bonds is 2. The van der Waals surface area contributed by atoms with E-state index < -0.39 is 0 Å². The van der Waals surface area contributed by atoms with E-state index in [4.69, 9.17) is 9.47 Å². The van der Waals surface area contributed by atoms with Gasteiger partial charge in [0, 0.05) is 0 Å². The van der Waals surface area contributed by atoms with Crippen molar-refractivity contribution in [3.63, 3.8) is 0 Å². The largest absolute Gasteiger partial charge is 0.460 e. The Bertz CT molecular complexity index is 157. The average Bonchev–Trinajstić information content (AvgIpc) is 2.73. The molecule has 0 aromatic heterocycles. The van der Waals surface area contributed by atoms with Crippen LogP contribution in [-0.4, -0.2) is 24.8 Å². The summed E-state index contributed by atoms with van der Waals surface area (Å²) in [6.45, 7) is 0.561. The van der Waals surface area contributed by atoms with E-state index in [9.17, 15) is 4.79 Å². The third-order valence-electron chi connectivity index (χ3n) is 2.18. The molecule has 1 heterocycles. The normalized spacial score (nSPS) is 30.4. The average molecular weight is 156 g/mol. The molecule has 0 unspecified atom stereocenters. The maximum absolute atomic E-state index is 11.0. The molecule has 1 aliphatic heterocycles. The molecule has 62 valence electrons. The van der Waals surface area contributed by atoms with E-state index in [1.165, 1.54) is 12.8 Å². The Kier molecular flexibility index (Phi) is 1.82. The molecule has 1 saturated carbocycles. The van der Waals surface area contributed by atoms with Crippen molar-refractivity contribution in [2.24, 2.45) is 0 Å². The zero-order valence-corrected chi connectivity index (χ0v) is 6.41. The van der Waals surface area contributed by atoms with Gasteiger partial charge in [-0.1, -0.05) is 0 Å². The third kappa shape index (κ3) is 1.71. The van der Waals surface area contributed by atoms with Gasteiger partial charge in [0.1, 0.15) is 6.10 Å². The molecule has 1 aliphatic carbocycles. The van der Waals surface area contributed by atoms with Crippen LogP contribution in [-0.2, 0) is 14.3 Å². The Morgan fingerprint density at radius 1 is 1.36 bits per heavy atom. The molecule has 0 aromatic carbocycles. The summed E-state index contributed by atoms with van der Waals surface area (Å²) >= 11 is 0. The predicted molar refractivity (Wildman–Crippen MR) is 38.1 cm³/mol. The molecule has 0 amide bonds. The van der Waals surface area contributed by atoms with Crippen molar-refractivity contribution in [1.82, 2.24) is 0 Å². The third-order valence-corrected chi connectivity index (χ3v) is 2.18. The minimum absolute atomic E-state index is 0.156. The second kappa shape index (κ2) is 2.81. The van der Waals surface area contributed by atoms with E-state index in [0.29, 0.717) is 6.61 Å². The fourth-order valence-electron chi connectivity index (χ4n) is 1.43. The summed E-state index contributed by atoms with van der Waals surface area (Å²) in [5.74, 6) is -0.156. The number of hydrogen-bond donors (Lipinski definition) is 0. The number of hydrogen-bond acceptors (Lipinski definition) is 3. The van der Waals surface area contributed by atoms with E-state index in [2.05, 4.69) is 0 Å². The summed E-state index contributed by atoms with van der Waals surface area (Å²) in [6, 6.07) is 0. The first-order chi connectivity index (χ1) is 5.36. The van der Waals surface area contributed by atoms with Gasteiger partial charge in [-0.05, 0) is 25.7 Å². The topological polar surface area (TPSA) is 38.8 Å². The minimum Gasteiger partial charge on any atom is -0.460 e. The molecular weight excluding hydrogens is 144 g/mol. The van der Waals surface area contributed by atoms with Gasteiger partial charge in [0.05, 0.1) is 6.61 Å². The first-order valence-electron chi connectivity index (χ1n) is 4.18. The maximum atomic E-state index is 11.0. The lowest BCUT2D eigenvalue weighted by Gasteiger charge is -2.08. The molecular formula is C8H12O3. The Hall–Kier alpha value is -0.570. The summed E-state index contributed by atoms with van der Waals surface area (Å²) in [7, 11) is 0. The Balaban J connectivity index is 1.74. The van der Waals surface area contributed by atoms with Crippen LogP contribution in [0.25, 0.3) is 0 Å². The first kappa shape index (κ1) is 7.10. The molecule has 3 nitrogen and oxygen atoms in total. The van der Waals surface area contributed by atoms with Crippen LogP contribution in [0.1, 0.15) is 25.7 Å². The molecule has 2 fully saturated rings. The molecule has 0 radical (unpaired) electrons. The second-order valence-electron chi connectivity index (χ2n) is 3.17. The Labute approximate surface area is 65.7 Å². The number of carbonyl (C=O) groups is 1. The summed E-state index contributed by atoms with van der Waals surface area (Å²) in [5, 5.41) is 0. The number of epoxide rings is 1. The smallest absolute Gasteiger partial charge is 0.337 e. The van der Waals surface area contributed by atoms with Crippen molar-refractivity contribution in [3.05, 3.63) is 0 Å². The lowest BCUT2D eigenvalue weighted by atomic mass is 10.3. The van der Waals surface area contributed by atoms with Gasteiger partial charge in [-0.2, -0.15) is 0 Å². The highest BCUT2D eigenvalue weighted by molar-refractivity contribution is 5.77. The summed E-state index contributed by atoms with van der Waals surface area (Å²) in [6.07, 6.45) is 4.44. The molecule has 2 rings (SSSR count). The minimum atomic E-state index is -0.226. The molecule has 0 spiro atoms. The second-order valence-corrected chi connectivity index (χ2v) is 3.17. The van der Waals surface area contributed by atoms with Gasteiger partial charge in [-0.25, -0.2) is 4.79 Å². The molecule has 3 heteroatoms.